The van der Waals surface area contributed by atoms with Crippen LogP contribution in [0.15, 0.2) is 24.3 Å². The van der Waals surface area contributed by atoms with E-state index >= 15 is 0 Å². The normalized spacial score (nSPS) is 16.1. The zero-order valence-electron chi connectivity index (χ0n) is 17.2. The molecule has 1 heterocycles. The number of hydrogen-bond acceptors (Lipinski definition) is 4. The molecule has 0 bridgehead atoms. The van der Waals surface area contributed by atoms with Gasteiger partial charge < -0.3 is 11.1 Å². The third-order valence-corrected chi connectivity index (χ3v) is 6.88. The van der Waals surface area contributed by atoms with E-state index in [0.29, 0.717) is 22.0 Å². The highest BCUT2D eigenvalue weighted by Gasteiger charge is 2.33. The molecule has 4 N–H and O–H groups in total. The first-order valence-electron chi connectivity index (χ1n) is 9.69. The summed E-state index contributed by atoms with van der Waals surface area (Å²) in [5.41, 5.74) is 9.02. The Kier molecular flexibility index (Phi) is 6.10. The smallest absolute Gasteiger partial charge is 0.257 e. The second-order valence-electron chi connectivity index (χ2n) is 8.65. The van der Waals surface area contributed by atoms with E-state index in [1.807, 2.05) is 19.1 Å². The molecule has 5 nitrogen and oxygen atoms in total. The zero-order valence-corrected chi connectivity index (χ0v) is 18.9. The summed E-state index contributed by atoms with van der Waals surface area (Å²) in [6.45, 7) is 8.71. The minimum Gasteiger partial charge on any atom is -0.365 e. The van der Waals surface area contributed by atoms with Crippen molar-refractivity contribution in [2.45, 2.75) is 47.0 Å². The predicted molar refractivity (Wildman–Crippen MR) is 123 cm³/mol. The molecule has 154 valence electrons. The van der Waals surface area contributed by atoms with Gasteiger partial charge in [0.05, 0.1) is 5.56 Å². The number of anilines is 1. The van der Waals surface area contributed by atoms with Crippen LogP contribution in [0.4, 0.5) is 5.00 Å². The van der Waals surface area contributed by atoms with Crippen molar-refractivity contribution in [1.29, 1.82) is 0 Å². The fourth-order valence-electron chi connectivity index (χ4n) is 3.69. The molecule has 2 amide bonds. The molecule has 1 atom stereocenters. The van der Waals surface area contributed by atoms with E-state index in [1.54, 1.807) is 12.1 Å². The number of rotatable bonds is 3. The lowest BCUT2D eigenvalue weighted by atomic mass is 9.72. The van der Waals surface area contributed by atoms with Crippen molar-refractivity contribution in [3.05, 3.63) is 51.4 Å². The number of benzene rings is 1. The van der Waals surface area contributed by atoms with Crippen molar-refractivity contribution >= 4 is 45.5 Å². The van der Waals surface area contributed by atoms with Crippen molar-refractivity contribution < 1.29 is 9.59 Å². The van der Waals surface area contributed by atoms with E-state index in [1.165, 1.54) is 16.2 Å². The molecular formula is C22H27N3O2S2. The molecule has 0 spiro atoms. The van der Waals surface area contributed by atoms with Gasteiger partial charge in [0, 0.05) is 10.4 Å². The molecule has 0 saturated carbocycles. The highest BCUT2D eigenvalue weighted by molar-refractivity contribution is 7.80. The van der Waals surface area contributed by atoms with Crippen molar-refractivity contribution in [3.8, 4) is 0 Å². The number of thiophene rings is 1. The van der Waals surface area contributed by atoms with Gasteiger partial charge in [0.15, 0.2) is 5.11 Å². The number of nitrogens with one attached hydrogen (secondary N) is 2. The standard InChI is InChI=1S/C22H27N3O2S2/c1-12-5-7-13(8-6-12)19(27)24-21(28)25-20-17(18(23)26)15-10-9-14(22(2,3)4)11-16(15)29-20/h5-8,14H,9-11H2,1-4H3,(H2,23,26)(H2,24,25,27,28)/t14-/m1/s1. The molecule has 29 heavy (non-hydrogen) atoms. The van der Waals surface area contributed by atoms with Crippen LogP contribution in [0.25, 0.3) is 0 Å². The van der Waals surface area contributed by atoms with E-state index in [4.69, 9.17) is 18.0 Å². The average molecular weight is 430 g/mol. The van der Waals surface area contributed by atoms with Gasteiger partial charge in [-0.15, -0.1) is 11.3 Å². The van der Waals surface area contributed by atoms with Gasteiger partial charge in [-0.05, 0) is 67.4 Å². The van der Waals surface area contributed by atoms with E-state index in [-0.39, 0.29) is 16.4 Å². The number of nitrogens with two attached hydrogens (primary N) is 1. The minimum atomic E-state index is -0.466. The van der Waals surface area contributed by atoms with Crippen molar-refractivity contribution in [2.75, 3.05) is 5.32 Å². The summed E-state index contributed by atoms with van der Waals surface area (Å²) in [6, 6.07) is 7.24. The molecule has 0 aliphatic heterocycles. The summed E-state index contributed by atoms with van der Waals surface area (Å²) < 4.78 is 0. The number of hydrogen-bond donors (Lipinski definition) is 3. The second-order valence-corrected chi connectivity index (χ2v) is 10.2. The molecule has 1 aromatic heterocycles. The molecule has 1 aromatic carbocycles. The number of thiocarbonyl (C=S) groups is 1. The number of aryl methyl sites for hydroxylation is 1. The Bertz CT molecular complexity index is 956. The third-order valence-electron chi connectivity index (χ3n) is 5.50. The maximum absolute atomic E-state index is 12.4. The first kappa shape index (κ1) is 21.5. The number of fused-ring (bicyclic) bond motifs is 1. The average Bonchev–Trinajstić information content (AvgIpc) is 2.98. The summed E-state index contributed by atoms with van der Waals surface area (Å²) in [4.78, 5) is 25.7. The Morgan fingerprint density at radius 3 is 2.45 bits per heavy atom. The highest BCUT2D eigenvalue weighted by atomic mass is 32.1. The first-order chi connectivity index (χ1) is 13.6. The lowest BCUT2D eigenvalue weighted by molar-refractivity contribution is 0.0975. The molecule has 1 aliphatic rings. The van der Waals surface area contributed by atoms with Crippen molar-refractivity contribution in [2.24, 2.45) is 17.1 Å². The first-order valence-corrected chi connectivity index (χ1v) is 10.9. The van der Waals surface area contributed by atoms with E-state index in [0.717, 1.165) is 30.4 Å². The number of primary amides is 1. The van der Waals surface area contributed by atoms with Crippen LogP contribution in [0.1, 0.15) is 63.9 Å². The van der Waals surface area contributed by atoms with Crippen LogP contribution in [0.5, 0.6) is 0 Å². The number of carbonyl (C=O) groups is 2. The van der Waals surface area contributed by atoms with Crippen LogP contribution in [-0.4, -0.2) is 16.9 Å². The summed E-state index contributed by atoms with van der Waals surface area (Å²) in [5, 5.41) is 6.48. The minimum absolute atomic E-state index is 0.157. The molecule has 0 radical (unpaired) electrons. The largest absolute Gasteiger partial charge is 0.365 e. The van der Waals surface area contributed by atoms with Gasteiger partial charge in [-0.2, -0.15) is 0 Å². The SMILES string of the molecule is Cc1ccc(C(=O)NC(=S)Nc2sc3c(c2C(N)=O)CC[C@@H](C(C)(C)C)C3)cc1. The number of carbonyl (C=O) groups excluding carboxylic acids is 2. The summed E-state index contributed by atoms with van der Waals surface area (Å²) in [7, 11) is 0. The predicted octanol–water partition coefficient (Wildman–Crippen LogP) is 4.43. The molecule has 0 unspecified atom stereocenters. The summed E-state index contributed by atoms with van der Waals surface area (Å²) >= 11 is 6.83. The van der Waals surface area contributed by atoms with Gasteiger partial charge in [-0.3, -0.25) is 14.9 Å². The van der Waals surface area contributed by atoms with Crippen molar-refractivity contribution in [1.82, 2.24) is 5.32 Å². The van der Waals surface area contributed by atoms with Gasteiger partial charge in [0.2, 0.25) is 0 Å². The summed E-state index contributed by atoms with van der Waals surface area (Å²) in [5.74, 6) is -0.209. The quantitative estimate of drug-likeness (QED) is 0.630. The third kappa shape index (κ3) is 4.85. The molecule has 2 aromatic rings. The Hall–Kier alpha value is -2.25. The van der Waals surface area contributed by atoms with Crippen LogP contribution in [0, 0.1) is 18.3 Å². The van der Waals surface area contributed by atoms with Crippen LogP contribution in [0.2, 0.25) is 0 Å². The molecular weight excluding hydrogens is 402 g/mol. The maximum Gasteiger partial charge on any atom is 0.257 e. The topological polar surface area (TPSA) is 84.2 Å². The van der Waals surface area contributed by atoms with Gasteiger partial charge in [0.1, 0.15) is 5.00 Å². The van der Waals surface area contributed by atoms with Crippen LogP contribution >= 0.6 is 23.6 Å². The maximum atomic E-state index is 12.4. The Labute approximate surface area is 181 Å². The van der Waals surface area contributed by atoms with Crippen LogP contribution in [-0.2, 0) is 12.8 Å². The Morgan fingerprint density at radius 1 is 1.21 bits per heavy atom. The number of amides is 2. The van der Waals surface area contributed by atoms with E-state index in [2.05, 4.69) is 31.4 Å². The molecule has 3 rings (SSSR count). The lowest BCUT2D eigenvalue weighted by Gasteiger charge is -2.33. The molecule has 7 heteroatoms. The Balaban J connectivity index is 1.77. The zero-order chi connectivity index (χ0) is 21.3. The van der Waals surface area contributed by atoms with Crippen LogP contribution < -0.4 is 16.4 Å². The van der Waals surface area contributed by atoms with Crippen molar-refractivity contribution in [3.63, 3.8) is 0 Å². The van der Waals surface area contributed by atoms with Gasteiger partial charge in [0.25, 0.3) is 11.8 Å². The second kappa shape index (κ2) is 8.24. The monoisotopic (exact) mass is 429 g/mol. The molecule has 1 aliphatic carbocycles. The Morgan fingerprint density at radius 2 is 1.86 bits per heavy atom. The highest BCUT2D eigenvalue weighted by Crippen LogP contribution is 2.44. The fourth-order valence-corrected chi connectivity index (χ4v) is 5.28. The van der Waals surface area contributed by atoms with Gasteiger partial charge in [-0.1, -0.05) is 38.5 Å². The summed E-state index contributed by atoms with van der Waals surface area (Å²) in [6.07, 6.45) is 2.78. The molecule has 0 saturated heterocycles. The van der Waals surface area contributed by atoms with E-state index < -0.39 is 5.91 Å². The lowest BCUT2D eigenvalue weighted by Crippen LogP contribution is -2.34. The molecule has 0 fully saturated rings. The van der Waals surface area contributed by atoms with E-state index in [9.17, 15) is 9.59 Å². The van der Waals surface area contributed by atoms with Crippen LogP contribution in [0.3, 0.4) is 0 Å². The van der Waals surface area contributed by atoms with Gasteiger partial charge in [-0.25, -0.2) is 0 Å². The fraction of sp³-hybridized carbons (Fsp3) is 0.409. The van der Waals surface area contributed by atoms with Gasteiger partial charge >= 0.3 is 0 Å².